The zero-order valence-electron chi connectivity index (χ0n) is 10.7. The number of aromatic hydroxyl groups is 1. The molecule has 0 fully saturated rings. The first-order valence-electron chi connectivity index (χ1n) is 6.54. The summed E-state index contributed by atoms with van der Waals surface area (Å²) in [5.41, 5.74) is 3.27. The van der Waals surface area contributed by atoms with Gasteiger partial charge in [0.15, 0.2) is 0 Å². The lowest BCUT2D eigenvalue weighted by atomic mass is 9.98. The van der Waals surface area contributed by atoms with Gasteiger partial charge in [-0.05, 0) is 30.2 Å². The van der Waals surface area contributed by atoms with E-state index in [9.17, 15) is 10.2 Å². The Bertz CT molecular complexity index is 565. The van der Waals surface area contributed by atoms with Crippen molar-refractivity contribution in [2.45, 2.75) is 19.1 Å². The van der Waals surface area contributed by atoms with Crippen molar-refractivity contribution in [1.29, 1.82) is 0 Å². The fourth-order valence-electron chi connectivity index (χ4n) is 2.60. The molecule has 2 N–H and O–H groups in total. The highest BCUT2D eigenvalue weighted by atomic mass is 16.3. The number of phenolic OH excluding ortho intramolecular Hbond substituents is 1. The maximum absolute atomic E-state index is 10.0. The summed E-state index contributed by atoms with van der Waals surface area (Å²) in [6.07, 6.45) is 0.405. The minimum atomic E-state index is -0.354. The molecule has 3 rings (SSSR count). The number of benzene rings is 2. The third-order valence-corrected chi connectivity index (χ3v) is 3.62. The Labute approximate surface area is 112 Å². The van der Waals surface area contributed by atoms with Crippen molar-refractivity contribution in [1.82, 2.24) is 0 Å². The zero-order valence-corrected chi connectivity index (χ0v) is 10.7. The molecule has 19 heavy (non-hydrogen) atoms. The molecule has 1 heterocycles. The number of hydrogen-bond donors (Lipinski definition) is 2. The fraction of sp³-hybridized carbons (Fsp3) is 0.250. The van der Waals surface area contributed by atoms with Crippen LogP contribution in [0.4, 0.5) is 5.69 Å². The van der Waals surface area contributed by atoms with Crippen molar-refractivity contribution in [3.05, 3.63) is 59.7 Å². The maximum Gasteiger partial charge on any atom is 0.115 e. The molecule has 0 bridgehead atoms. The molecule has 0 spiro atoms. The van der Waals surface area contributed by atoms with Gasteiger partial charge >= 0.3 is 0 Å². The molecule has 2 aromatic rings. The van der Waals surface area contributed by atoms with E-state index < -0.39 is 0 Å². The van der Waals surface area contributed by atoms with Crippen molar-refractivity contribution in [2.24, 2.45) is 0 Å². The van der Waals surface area contributed by atoms with Crippen LogP contribution < -0.4 is 4.90 Å². The summed E-state index contributed by atoms with van der Waals surface area (Å²) < 4.78 is 0. The lowest BCUT2D eigenvalue weighted by Crippen LogP contribution is -2.30. The molecule has 0 amide bonds. The van der Waals surface area contributed by atoms with Crippen LogP contribution in [-0.4, -0.2) is 16.8 Å². The largest absolute Gasteiger partial charge is 0.508 e. The Morgan fingerprint density at radius 1 is 1.05 bits per heavy atom. The van der Waals surface area contributed by atoms with Crippen LogP contribution in [0.3, 0.4) is 0 Å². The number of phenols is 1. The summed E-state index contributed by atoms with van der Waals surface area (Å²) in [6.45, 7) is 1.64. The first kappa shape index (κ1) is 12.1. The lowest BCUT2D eigenvalue weighted by molar-refractivity contribution is 0.164. The lowest BCUT2D eigenvalue weighted by Gasteiger charge is -2.33. The van der Waals surface area contributed by atoms with Gasteiger partial charge < -0.3 is 15.1 Å². The molecule has 0 aromatic heterocycles. The van der Waals surface area contributed by atoms with E-state index in [0.717, 1.165) is 36.3 Å². The van der Waals surface area contributed by atoms with Crippen molar-refractivity contribution in [3.63, 3.8) is 0 Å². The number of para-hydroxylation sites is 1. The van der Waals surface area contributed by atoms with Crippen LogP contribution in [0.25, 0.3) is 0 Å². The summed E-state index contributed by atoms with van der Waals surface area (Å²) >= 11 is 0. The van der Waals surface area contributed by atoms with Crippen molar-refractivity contribution < 1.29 is 10.2 Å². The van der Waals surface area contributed by atoms with Gasteiger partial charge in [0.05, 0.1) is 6.10 Å². The SMILES string of the molecule is Oc1ccc(CN2CCC(O)c3ccccc32)cc1. The van der Waals surface area contributed by atoms with Gasteiger partial charge in [-0.25, -0.2) is 0 Å². The monoisotopic (exact) mass is 255 g/mol. The predicted molar refractivity (Wildman–Crippen MR) is 75.2 cm³/mol. The summed E-state index contributed by atoms with van der Waals surface area (Å²) in [4.78, 5) is 2.27. The number of fused-ring (bicyclic) bond motifs is 1. The van der Waals surface area contributed by atoms with Crippen molar-refractivity contribution in [2.75, 3.05) is 11.4 Å². The second-order valence-corrected chi connectivity index (χ2v) is 4.95. The Balaban J connectivity index is 1.86. The number of hydrogen-bond acceptors (Lipinski definition) is 3. The van der Waals surface area contributed by atoms with Crippen LogP contribution in [0.1, 0.15) is 23.7 Å². The first-order chi connectivity index (χ1) is 9.24. The Morgan fingerprint density at radius 3 is 2.58 bits per heavy atom. The molecule has 1 atom stereocenters. The van der Waals surface area contributed by atoms with Gasteiger partial charge in [0, 0.05) is 24.3 Å². The molecule has 3 heteroatoms. The van der Waals surface area contributed by atoms with E-state index >= 15 is 0 Å². The van der Waals surface area contributed by atoms with Gasteiger partial charge in [0.25, 0.3) is 0 Å². The van der Waals surface area contributed by atoms with Gasteiger partial charge in [-0.2, -0.15) is 0 Å². The standard InChI is InChI=1S/C16H17NO2/c18-13-7-5-12(6-8-13)11-17-10-9-16(19)14-3-1-2-4-15(14)17/h1-8,16,18-19H,9-11H2. The fourth-order valence-corrected chi connectivity index (χ4v) is 2.60. The highest BCUT2D eigenvalue weighted by molar-refractivity contribution is 5.56. The van der Waals surface area contributed by atoms with Gasteiger partial charge in [0.1, 0.15) is 5.75 Å². The third kappa shape index (κ3) is 2.42. The smallest absolute Gasteiger partial charge is 0.115 e. The van der Waals surface area contributed by atoms with Crippen LogP contribution in [-0.2, 0) is 6.54 Å². The van der Waals surface area contributed by atoms with E-state index in [1.54, 1.807) is 12.1 Å². The summed E-state index contributed by atoms with van der Waals surface area (Å²) in [7, 11) is 0. The number of anilines is 1. The average Bonchev–Trinajstić information content (AvgIpc) is 2.45. The van der Waals surface area contributed by atoms with E-state index in [0.29, 0.717) is 5.75 Å². The van der Waals surface area contributed by atoms with Crippen molar-refractivity contribution in [3.8, 4) is 5.75 Å². The number of nitrogens with zero attached hydrogens (tertiary/aromatic N) is 1. The summed E-state index contributed by atoms with van der Waals surface area (Å²) in [6, 6.07) is 15.3. The van der Waals surface area contributed by atoms with E-state index in [4.69, 9.17) is 0 Å². The van der Waals surface area contributed by atoms with Crippen LogP contribution >= 0.6 is 0 Å². The van der Waals surface area contributed by atoms with Crippen LogP contribution in [0, 0.1) is 0 Å². The van der Waals surface area contributed by atoms with Gasteiger partial charge in [-0.3, -0.25) is 0 Å². The average molecular weight is 255 g/mol. The van der Waals surface area contributed by atoms with E-state index in [1.807, 2.05) is 30.3 Å². The molecular weight excluding hydrogens is 238 g/mol. The van der Waals surface area contributed by atoms with Crippen LogP contribution in [0.15, 0.2) is 48.5 Å². The molecule has 0 saturated heterocycles. The topological polar surface area (TPSA) is 43.7 Å². The van der Waals surface area contributed by atoms with E-state index in [-0.39, 0.29) is 6.10 Å². The Morgan fingerprint density at radius 2 is 1.79 bits per heavy atom. The van der Waals surface area contributed by atoms with E-state index in [1.165, 1.54) is 0 Å². The quantitative estimate of drug-likeness (QED) is 0.867. The maximum atomic E-state index is 10.0. The molecule has 2 aromatic carbocycles. The molecular formula is C16H17NO2. The van der Waals surface area contributed by atoms with Crippen LogP contribution in [0.2, 0.25) is 0 Å². The van der Waals surface area contributed by atoms with Crippen LogP contribution in [0.5, 0.6) is 5.75 Å². The molecule has 0 aliphatic carbocycles. The molecule has 1 unspecified atom stereocenters. The number of rotatable bonds is 2. The zero-order chi connectivity index (χ0) is 13.2. The second kappa shape index (κ2) is 4.94. The molecule has 1 aliphatic heterocycles. The molecule has 1 aliphatic rings. The number of aliphatic hydroxyl groups excluding tert-OH is 1. The third-order valence-electron chi connectivity index (χ3n) is 3.62. The highest BCUT2D eigenvalue weighted by Gasteiger charge is 2.22. The molecule has 0 radical (unpaired) electrons. The Hall–Kier alpha value is -2.00. The van der Waals surface area contributed by atoms with Crippen molar-refractivity contribution >= 4 is 5.69 Å². The normalized spacial score (nSPS) is 18.2. The Kier molecular flexibility index (Phi) is 3.13. The van der Waals surface area contributed by atoms with Gasteiger partial charge in [0.2, 0.25) is 0 Å². The van der Waals surface area contributed by atoms with Gasteiger partial charge in [-0.1, -0.05) is 30.3 Å². The van der Waals surface area contributed by atoms with E-state index in [2.05, 4.69) is 11.0 Å². The first-order valence-corrected chi connectivity index (χ1v) is 6.54. The molecule has 0 saturated carbocycles. The number of aliphatic hydroxyl groups is 1. The van der Waals surface area contributed by atoms with Gasteiger partial charge in [-0.15, -0.1) is 0 Å². The minimum absolute atomic E-state index is 0.290. The minimum Gasteiger partial charge on any atom is -0.508 e. The predicted octanol–water partition coefficient (Wildman–Crippen LogP) is 2.84. The molecule has 3 nitrogen and oxygen atoms in total. The summed E-state index contributed by atoms with van der Waals surface area (Å²) in [5, 5.41) is 19.3. The second-order valence-electron chi connectivity index (χ2n) is 4.95. The molecule has 98 valence electrons. The highest BCUT2D eigenvalue weighted by Crippen LogP contribution is 2.34. The summed E-state index contributed by atoms with van der Waals surface area (Å²) in [5.74, 6) is 0.290.